The average Bonchev–Trinajstić information content (AvgIpc) is 3.13. The van der Waals surface area contributed by atoms with Gasteiger partial charge < -0.3 is 20.8 Å². The lowest BCUT2D eigenvalue weighted by Gasteiger charge is -2.19. The summed E-state index contributed by atoms with van der Waals surface area (Å²) in [6.45, 7) is 3.99. The third-order valence-electron chi connectivity index (χ3n) is 4.57. The highest BCUT2D eigenvalue weighted by atomic mass is 16.5. The molecular weight excluding hydrogens is 352 g/mol. The van der Waals surface area contributed by atoms with E-state index in [2.05, 4.69) is 49.5 Å². The Morgan fingerprint density at radius 2 is 1.82 bits per heavy atom. The molecule has 0 aliphatic rings. The summed E-state index contributed by atoms with van der Waals surface area (Å²) in [4.78, 5) is 16.3. The van der Waals surface area contributed by atoms with E-state index < -0.39 is 0 Å². The Morgan fingerprint density at radius 1 is 1.04 bits per heavy atom. The summed E-state index contributed by atoms with van der Waals surface area (Å²) in [6, 6.07) is 13.9. The maximum absolute atomic E-state index is 6.17. The highest BCUT2D eigenvalue weighted by molar-refractivity contribution is 5.92. The van der Waals surface area contributed by atoms with E-state index >= 15 is 0 Å². The number of nitrogens with zero attached hydrogens (tertiary/aromatic N) is 3. The molecule has 0 amide bonds. The van der Waals surface area contributed by atoms with E-state index in [9.17, 15) is 0 Å². The van der Waals surface area contributed by atoms with Crippen LogP contribution in [0.3, 0.4) is 0 Å². The molecule has 1 aromatic carbocycles. The lowest BCUT2D eigenvalue weighted by molar-refractivity contribution is 0.398. The van der Waals surface area contributed by atoms with Crippen molar-refractivity contribution < 1.29 is 4.74 Å². The van der Waals surface area contributed by atoms with Crippen molar-refractivity contribution in [2.45, 2.75) is 19.4 Å². The number of nitrogens with one attached hydrogen (secondary N) is 2. The van der Waals surface area contributed by atoms with Crippen LogP contribution in [-0.4, -0.2) is 27.0 Å². The van der Waals surface area contributed by atoms with Gasteiger partial charge in [0.25, 0.3) is 0 Å². The van der Waals surface area contributed by atoms with Crippen molar-refractivity contribution in [1.82, 2.24) is 19.9 Å². The zero-order valence-electron chi connectivity index (χ0n) is 16.0. The summed E-state index contributed by atoms with van der Waals surface area (Å²) in [6.07, 6.45) is 3.23. The number of nitrogens with two attached hydrogens (primary N) is 1. The van der Waals surface area contributed by atoms with Crippen LogP contribution >= 0.6 is 0 Å². The number of pyridine rings is 1. The minimum atomic E-state index is -0.367. The molecule has 7 heteroatoms. The van der Waals surface area contributed by atoms with Crippen LogP contribution in [0.15, 0.2) is 55.0 Å². The molecule has 0 spiro atoms. The molecule has 4 aromatic rings. The fourth-order valence-electron chi connectivity index (χ4n) is 2.99. The van der Waals surface area contributed by atoms with Crippen LogP contribution in [0, 0.1) is 0 Å². The molecule has 0 aliphatic heterocycles. The predicted octanol–water partition coefficient (Wildman–Crippen LogP) is 3.97. The molecule has 0 unspecified atom stereocenters. The quantitative estimate of drug-likeness (QED) is 0.489. The molecule has 0 radical (unpaired) electrons. The van der Waals surface area contributed by atoms with Crippen molar-refractivity contribution >= 4 is 22.5 Å². The Balaban J connectivity index is 1.66. The third-order valence-corrected chi connectivity index (χ3v) is 4.57. The van der Waals surface area contributed by atoms with Gasteiger partial charge in [-0.05, 0) is 37.1 Å². The Bertz CT molecular complexity index is 1090. The van der Waals surface area contributed by atoms with Gasteiger partial charge in [0.15, 0.2) is 0 Å². The van der Waals surface area contributed by atoms with Gasteiger partial charge in [-0.1, -0.05) is 24.3 Å². The van der Waals surface area contributed by atoms with Gasteiger partial charge in [0.2, 0.25) is 5.88 Å². The zero-order valence-corrected chi connectivity index (χ0v) is 16.0. The molecule has 0 aliphatic carbocycles. The fourth-order valence-corrected chi connectivity index (χ4v) is 2.99. The number of rotatable bonds is 5. The first-order valence-corrected chi connectivity index (χ1v) is 8.94. The lowest BCUT2D eigenvalue weighted by atomic mass is 9.94. The van der Waals surface area contributed by atoms with Crippen LogP contribution in [0.4, 0.5) is 11.5 Å². The lowest BCUT2D eigenvalue weighted by Crippen LogP contribution is -2.28. The van der Waals surface area contributed by atoms with Crippen molar-refractivity contribution in [3.05, 3.63) is 60.6 Å². The normalized spacial score (nSPS) is 11.6. The smallest absolute Gasteiger partial charge is 0.213 e. The molecule has 0 bridgehead atoms. The third kappa shape index (κ3) is 3.52. The molecule has 3 heterocycles. The molecule has 4 rings (SSSR count). The number of aromatic amines is 1. The summed E-state index contributed by atoms with van der Waals surface area (Å²) in [5.41, 5.74) is 10.5. The molecule has 142 valence electrons. The van der Waals surface area contributed by atoms with E-state index in [1.807, 2.05) is 26.0 Å². The minimum Gasteiger partial charge on any atom is -0.481 e. The second kappa shape index (κ2) is 6.94. The molecule has 0 saturated carbocycles. The summed E-state index contributed by atoms with van der Waals surface area (Å²) in [7, 11) is 1.59. The number of anilines is 2. The first-order chi connectivity index (χ1) is 13.4. The molecular formula is C21H22N6O. The fraction of sp³-hybridized carbons (Fsp3) is 0.190. The highest BCUT2D eigenvalue weighted by Gasteiger charge is 2.15. The highest BCUT2D eigenvalue weighted by Crippen LogP contribution is 2.29. The maximum Gasteiger partial charge on any atom is 0.213 e. The second-order valence-electron chi connectivity index (χ2n) is 7.18. The number of hydrogen-bond acceptors (Lipinski definition) is 6. The summed E-state index contributed by atoms with van der Waals surface area (Å²) < 4.78 is 5.09. The predicted molar refractivity (Wildman–Crippen MR) is 111 cm³/mol. The first-order valence-electron chi connectivity index (χ1n) is 8.94. The minimum absolute atomic E-state index is 0.367. The van der Waals surface area contributed by atoms with E-state index in [1.54, 1.807) is 19.4 Å². The Hall–Kier alpha value is -3.45. The molecule has 7 nitrogen and oxygen atoms in total. The molecule has 0 fully saturated rings. The monoisotopic (exact) mass is 374 g/mol. The Labute approximate surface area is 163 Å². The summed E-state index contributed by atoms with van der Waals surface area (Å²) in [5, 5.41) is 4.19. The number of H-pyrrole nitrogens is 1. The standard InChI is InChI=1S/C21H22N6O/c1-21(2,22)14-6-4-13(5-7-14)17-10-16-19(24-12-25-20(16)27-17)26-15-8-9-18(28-3)23-11-15/h4-12H,22H2,1-3H3,(H2,24,25,26,27). The van der Waals surface area contributed by atoms with Gasteiger partial charge in [0.1, 0.15) is 17.8 Å². The number of benzene rings is 1. The van der Waals surface area contributed by atoms with E-state index in [0.717, 1.165) is 33.5 Å². The van der Waals surface area contributed by atoms with Gasteiger partial charge in [-0.25, -0.2) is 15.0 Å². The van der Waals surface area contributed by atoms with Crippen molar-refractivity contribution in [1.29, 1.82) is 0 Å². The van der Waals surface area contributed by atoms with Gasteiger partial charge in [-0.2, -0.15) is 0 Å². The Kier molecular flexibility index (Phi) is 4.44. The molecule has 0 atom stereocenters. The summed E-state index contributed by atoms with van der Waals surface area (Å²) in [5.74, 6) is 1.27. The molecule has 0 saturated heterocycles. The van der Waals surface area contributed by atoms with E-state index in [1.165, 1.54) is 6.33 Å². The largest absolute Gasteiger partial charge is 0.481 e. The van der Waals surface area contributed by atoms with Gasteiger partial charge in [-0.3, -0.25) is 0 Å². The van der Waals surface area contributed by atoms with Crippen LogP contribution in [0.2, 0.25) is 0 Å². The number of ether oxygens (including phenoxy) is 1. The van der Waals surface area contributed by atoms with Gasteiger partial charge >= 0.3 is 0 Å². The number of hydrogen-bond donors (Lipinski definition) is 3. The van der Waals surface area contributed by atoms with Crippen molar-refractivity contribution in [2.75, 3.05) is 12.4 Å². The number of methoxy groups -OCH3 is 1. The molecule has 28 heavy (non-hydrogen) atoms. The van der Waals surface area contributed by atoms with Crippen LogP contribution in [0.1, 0.15) is 19.4 Å². The van der Waals surface area contributed by atoms with Crippen molar-refractivity contribution in [3.8, 4) is 17.1 Å². The van der Waals surface area contributed by atoms with Crippen molar-refractivity contribution in [2.24, 2.45) is 5.73 Å². The van der Waals surface area contributed by atoms with Gasteiger partial charge in [-0.15, -0.1) is 0 Å². The SMILES string of the molecule is COc1ccc(Nc2ncnc3[nH]c(-c4ccc(C(C)(C)N)cc4)cc23)cn1. The maximum atomic E-state index is 6.17. The van der Waals surface area contributed by atoms with E-state index in [4.69, 9.17) is 10.5 Å². The van der Waals surface area contributed by atoms with Crippen molar-refractivity contribution in [3.63, 3.8) is 0 Å². The van der Waals surface area contributed by atoms with E-state index in [-0.39, 0.29) is 5.54 Å². The van der Waals surface area contributed by atoms with E-state index in [0.29, 0.717) is 11.7 Å². The molecule has 4 N–H and O–H groups in total. The van der Waals surface area contributed by atoms with Gasteiger partial charge in [0.05, 0.1) is 24.4 Å². The number of aromatic nitrogens is 4. The summed E-state index contributed by atoms with van der Waals surface area (Å²) >= 11 is 0. The van der Waals surface area contributed by atoms with Crippen LogP contribution in [0.25, 0.3) is 22.3 Å². The molecule has 3 aromatic heterocycles. The number of fused-ring (bicyclic) bond motifs is 1. The van der Waals surface area contributed by atoms with Gasteiger partial charge in [0, 0.05) is 17.3 Å². The van der Waals surface area contributed by atoms with Crippen LogP contribution in [0.5, 0.6) is 5.88 Å². The van der Waals surface area contributed by atoms with Crippen LogP contribution in [-0.2, 0) is 5.54 Å². The topological polar surface area (TPSA) is 102 Å². The average molecular weight is 374 g/mol. The zero-order chi connectivity index (χ0) is 19.7. The second-order valence-corrected chi connectivity index (χ2v) is 7.18. The van der Waals surface area contributed by atoms with Crippen LogP contribution < -0.4 is 15.8 Å². The first kappa shape index (κ1) is 17.9. The Morgan fingerprint density at radius 3 is 2.46 bits per heavy atom.